The third-order valence-corrected chi connectivity index (χ3v) is 5.32. The zero-order chi connectivity index (χ0) is 23.7. The van der Waals surface area contributed by atoms with Gasteiger partial charge in [-0.05, 0) is 0 Å². The third kappa shape index (κ3) is 6.69. The summed E-state index contributed by atoms with van der Waals surface area (Å²) in [5.41, 5.74) is 0. The maximum Gasteiger partial charge on any atom is 0.397 e. The molecule has 2 saturated heterocycles. The van der Waals surface area contributed by atoms with E-state index in [0.717, 1.165) is 0 Å². The molecule has 0 aromatic carbocycles. The standard InChI is InChI=1S/C12H22O17S2/c13-1-3-8(5(15)6(16)11(18)25-3)27-12-7(17)10(29-31(22,23)24)9(4(2-14)26-12)28-30(19,20)21/h3-18H,1-2H2,(H,19,20,21)(H,22,23,24)/t3-,4-,5-,6-,7-,8-,9+,10-,11-,12+/m1/s1. The van der Waals surface area contributed by atoms with Crippen LogP contribution in [0.3, 0.4) is 0 Å². The van der Waals surface area contributed by atoms with Crippen LogP contribution in [0.1, 0.15) is 0 Å². The first-order chi connectivity index (χ1) is 14.2. The lowest BCUT2D eigenvalue weighted by molar-refractivity contribution is -0.352. The van der Waals surface area contributed by atoms with E-state index < -0.39 is 95.4 Å². The minimum Gasteiger partial charge on any atom is -0.394 e. The van der Waals surface area contributed by atoms with Crippen LogP contribution in [-0.4, -0.2) is 131 Å². The molecule has 8 N–H and O–H groups in total. The van der Waals surface area contributed by atoms with Gasteiger partial charge in [-0.15, -0.1) is 0 Å². The van der Waals surface area contributed by atoms with Gasteiger partial charge in [-0.1, -0.05) is 0 Å². The number of hydrogen-bond acceptors (Lipinski definition) is 15. The van der Waals surface area contributed by atoms with Crippen molar-refractivity contribution >= 4 is 20.8 Å². The van der Waals surface area contributed by atoms with E-state index >= 15 is 0 Å². The molecule has 0 unspecified atom stereocenters. The van der Waals surface area contributed by atoms with Crippen molar-refractivity contribution in [3.63, 3.8) is 0 Å². The van der Waals surface area contributed by atoms with Gasteiger partial charge in [-0.3, -0.25) is 9.11 Å². The van der Waals surface area contributed by atoms with Gasteiger partial charge in [0.2, 0.25) is 0 Å². The van der Waals surface area contributed by atoms with Gasteiger partial charge in [0.05, 0.1) is 13.2 Å². The SMILES string of the molecule is O=S(=O)(O)O[C@@H]1[C@@H](O)[C@H](O[C@H]2[C@H](O)[C@@H](O)[C@H](O)O[C@@H]2CO)O[C@H](CO)[C@@H]1OS(=O)(=O)O. The number of hydrogen-bond donors (Lipinski definition) is 8. The molecule has 17 nitrogen and oxygen atoms in total. The molecule has 0 amide bonds. The highest BCUT2D eigenvalue weighted by atomic mass is 32.3. The first kappa shape index (κ1) is 26.6. The van der Waals surface area contributed by atoms with E-state index in [1.165, 1.54) is 0 Å². The number of ether oxygens (including phenoxy) is 3. The molecule has 0 spiro atoms. The second-order valence-electron chi connectivity index (χ2n) is 6.52. The molecule has 0 aromatic heterocycles. The molecule has 0 bridgehead atoms. The van der Waals surface area contributed by atoms with Crippen molar-refractivity contribution in [3.8, 4) is 0 Å². The lowest BCUT2D eigenvalue weighted by Crippen LogP contribution is -2.65. The van der Waals surface area contributed by atoms with Gasteiger partial charge in [-0.2, -0.15) is 16.8 Å². The average Bonchev–Trinajstić information content (AvgIpc) is 2.64. The molecule has 2 fully saturated rings. The lowest BCUT2D eigenvalue weighted by atomic mass is 9.97. The smallest absolute Gasteiger partial charge is 0.394 e. The zero-order valence-corrected chi connectivity index (χ0v) is 16.9. The van der Waals surface area contributed by atoms with Crippen LogP contribution in [0.2, 0.25) is 0 Å². The first-order valence-corrected chi connectivity index (χ1v) is 11.1. The van der Waals surface area contributed by atoms with Crippen molar-refractivity contribution in [2.45, 2.75) is 61.4 Å². The maximum absolute atomic E-state index is 11.1. The summed E-state index contributed by atoms with van der Waals surface area (Å²) in [5.74, 6) is 0. The molecule has 19 heteroatoms. The first-order valence-electron chi connectivity index (χ1n) is 8.40. The predicted octanol–water partition coefficient (Wildman–Crippen LogP) is -5.74. The van der Waals surface area contributed by atoms with Crippen LogP contribution >= 0.6 is 0 Å². The van der Waals surface area contributed by atoms with Crippen molar-refractivity contribution in [1.29, 1.82) is 0 Å². The minimum absolute atomic E-state index is 0.878. The van der Waals surface area contributed by atoms with Crippen molar-refractivity contribution in [3.05, 3.63) is 0 Å². The molecule has 2 heterocycles. The fourth-order valence-corrected chi connectivity index (χ4v) is 4.07. The topological polar surface area (TPSA) is 276 Å². The quantitative estimate of drug-likeness (QED) is 0.143. The molecular formula is C12H22O17S2. The van der Waals surface area contributed by atoms with Gasteiger partial charge >= 0.3 is 20.8 Å². The Morgan fingerprint density at radius 1 is 0.677 bits per heavy atom. The van der Waals surface area contributed by atoms with Gasteiger partial charge < -0.3 is 44.8 Å². The Morgan fingerprint density at radius 3 is 1.65 bits per heavy atom. The molecule has 0 radical (unpaired) electrons. The van der Waals surface area contributed by atoms with E-state index in [-0.39, 0.29) is 0 Å². The molecule has 0 saturated carbocycles. The summed E-state index contributed by atoms with van der Waals surface area (Å²) < 4.78 is 85.7. The van der Waals surface area contributed by atoms with Gasteiger partial charge in [0.25, 0.3) is 0 Å². The third-order valence-electron chi connectivity index (χ3n) is 4.39. The second kappa shape index (κ2) is 10.1. The molecular weight excluding hydrogens is 480 g/mol. The second-order valence-corrected chi connectivity index (χ2v) is 8.62. The van der Waals surface area contributed by atoms with Crippen molar-refractivity contribution < 1.29 is 79.2 Å². The summed E-state index contributed by atoms with van der Waals surface area (Å²) in [6, 6.07) is 0. The Kier molecular flexibility index (Phi) is 8.68. The molecule has 2 aliphatic heterocycles. The average molecular weight is 502 g/mol. The molecule has 0 aliphatic carbocycles. The van der Waals surface area contributed by atoms with E-state index in [2.05, 4.69) is 8.37 Å². The van der Waals surface area contributed by atoms with Crippen LogP contribution < -0.4 is 0 Å². The summed E-state index contributed by atoms with van der Waals surface area (Å²) >= 11 is 0. The Balaban J connectivity index is 2.34. The van der Waals surface area contributed by atoms with E-state index in [4.69, 9.17) is 23.3 Å². The number of rotatable bonds is 8. The lowest BCUT2D eigenvalue weighted by Gasteiger charge is -2.46. The van der Waals surface area contributed by atoms with E-state index in [1.54, 1.807) is 0 Å². The molecule has 2 rings (SSSR count). The van der Waals surface area contributed by atoms with Gasteiger partial charge in [-0.25, -0.2) is 8.37 Å². The fourth-order valence-electron chi connectivity index (χ4n) is 3.05. The van der Waals surface area contributed by atoms with E-state index in [1.807, 2.05) is 0 Å². The molecule has 2 aliphatic rings. The summed E-state index contributed by atoms with van der Waals surface area (Å²) in [6.07, 6.45) is -19.8. The Hall–Kier alpha value is -0.620. The normalized spacial score (nSPS) is 42.5. The van der Waals surface area contributed by atoms with Crippen LogP contribution in [0.4, 0.5) is 0 Å². The van der Waals surface area contributed by atoms with Crippen LogP contribution in [-0.2, 0) is 43.4 Å². The van der Waals surface area contributed by atoms with E-state index in [0.29, 0.717) is 0 Å². The van der Waals surface area contributed by atoms with Crippen molar-refractivity contribution in [2.24, 2.45) is 0 Å². The summed E-state index contributed by atoms with van der Waals surface area (Å²) in [5, 5.41) is 58.5. The van der Waals surface area contributed by atoms with Crippen LogP contribution in [0.15, 0.2) is 0 Å². The van der Waals surface area contributed by atoms with Crippen LogP contribution in [0.5, 0.6) is 0 Å². The van der Waals surface area contributed by atoms with Crippen molar-refractivity contribution in [1.82, 2.24) is 0 Å². The molecule has 184 valence electrons. The summed E-state index contributed by atoms with van der Waals surface area (Å²) in [6.45, 7) is -2.00. The number of aliphatic hydroxyl groups excluding tert-OH is 6. The molecule has 31 heavy (non-hydrogen) atoms. The minimum atomic E-state index is -5.37. The number of aliphatic hydroxyl groups is 6. The Labute approximate surface area is 175 Å². The van der Waals surface area contributed by atoms with E-state index in [9.17, 15) is 47.5 Å². The van der Waals surface area contributed by atoms with Gasteiger partial charge in [0, 0.05) is 0 Å². The van der Waals surface area contributed by atoms with Crippen LogP contribution in [0, 0.1) is 0 Å². The van der Waals surface area contributed by atoms with Crippen LogP contribution in [0.25, 0.3) is 0 Å². The Morgan fingerprint density at radius 2 is 1.16 bits per heavy atom. The highest BCUT2D eigenvalue weighted by Gasteiger charge is 2.53. The highest BCUT2D eigenvalue weighted by molar-refractivity contribution is 7.81. The van der Waals surface area contributed by atoms with Crippen molar-refractivity contribution in [2.75, 3.05) is 13.2 Å². The maximum atomic E-state index is 11.1. The Bertz CT molecular complexity index is 798. The molecule has 0 aromatic rings. The highest BCUT2D eigenvalue weighted by Crippen LogP contribution is 2.31. The summed E-state index contributed by atoms with van der Waals surface area (Å²) in [4.78, 5) is 0. The van der Waals surface area contributed by atoms with Gasteiger partial charge in [0.15, 0.2) is 12.6 Å². The zero-order valence-electron chi connectivity index (χ0n) is 15.3. The fraction of sp³-hybridized carbons (Fsp3) is 1.00. The predicted molar refractivity (Wildman–Crippen MR) is 89.4 cm³/mol. The molecule has 10 atom stereocenters. The largest absolute Gasteiger partial charge is 0.397 e. The monoisotopic (exact) mass is 502 g/mol. The van der Waals surface area contributed by atoms with Gasteiger partial charge in [0.1, 0.15) is 48.8 Å². The summed E-state index contributed by atoms with van der Waals surface area (Å²) in [7, 11) is -10.7.